The predicted molar refractivity (Wildman–Crippen MR) is 88.1 cm³/mol. The molecule has 0 saturated heterocycles. The van der Waals surface area contributed by atoms with Gasteiger partial charge in [-0.1, -0.05) is 43.8 Å². The molecular formula is C16H17N3OS. The second-order valence-electron chi connectivity index (χ2n) is 5.26. The number of nitrogens with one attached hydrogen (secondary N) is 1. The van der Waals surface area contributed by atoms with E-state index in [4.69, 9.17) is 0 Å². The molecule has 108 valence electrons. The van der Waals surface area contributed by atoms with Gasteiger partial charge in [-0.15, -0.1) is 0 Å². The molecule has 3 rings (SSSR count). The molecule has 1 amide bonds. The number of pyridine rings is 1. The first-order chi connectivity index (χ1) is 10.1. The maximum Gasteiger partial charge on any atom is 0.257 e. The van der Waals surface area contributed by atoms with Crippen molar-refractivity contribution >= 4 is 33.7 Å². The standard InChI is InChI=1S/C16H17N3OS/c1-10(2)14-9-12(11-5-3-4-6-13(11)18-14)15(20)19-16-17-7-8-21-16/h3-6,9-10H,7-8H2,1-2H3,(H,17,19,20). The Labute approximate surface area is 128 Å². The van der Waals surface area contributed by atoms with Crippen molar-refractivity contribution in [1.29, 1.82) is 0 Å². The van der Waals surface area contributed by atoms with Crippen LogP contribution < -0.4 is 5.32 Å². The van der Waals surface area contributed by atoms with Gasteiger partial charge in [-0.2, -0.15) is 0 Å². The number of carbonyl (C=O) groups excluding carboxylic acids is 1. The van der Waals surface area contributed by atoms with Crippen molar-refractivity contribution in [2.75, 3.05) is 12.3 Å². The monoisotopic (exact) mass is 299 g/mol. The second kappa shape index (κ2) is 5.85. The van der Waals surface area contributed by atoms with Crippen molar-refractivity contribution in [2.24, 2.45) is 4.99 Å². The molecule has 0 spiro atoms. The van der Waals surface area contributed by atoms with Crippen molar-refractivity contribution in [3.8, 4) is 0 Å². The summed E-state index contributed by atoms with van der Waals surface area (Å²) >= 11 is 1.58. The molecule has 0 radical (unpaired) electrons. The summed E-state index contributed by atoms with van der Waals surface area (Å²) in [7, 11) is 0. The van der Waals surface area contributed by atoms with Gasteiger partial charge in [0, 0.05) is 16.8 Å². The van der Waals surface area contributed by atoms with Crippen LogP contribution >= 0.6 is 11.8 Å². The van der Waals surface area contributed by atoms with E-state index < -0.39 is 0 Å². The highest BCUT2D eigenvalue weighted by Gasteiger charge is 2.17. The van der Waals surface area contributed by atoms with E-state index in [1.807, 2.05) is 30.3 Å². The summed E-state index contributed by atoms with van der Waals surface area (Å²) in [5.41, 5.74) is 2.45. The highest BCUT2D eigenvalue weighted by atomic mass is 32.2. The van der Waals surface area contributed by atoms with Gasteiger partial charge in [0.2, 0.25) is 0 Å². The number of rotatable bonds is 2. The molecule has 1 N–H and O–H groups in total. The Morgan fingerprint density at radius 1 is 1.33 bits per heavy atom. The Balaban J connectivity index is 2.04. The first-order valence-corrected chi connectivity index (χ1v) is 8.02. The third-order valence-corrected chi connectivity index (χ3v) is 4.27. The average Bonchev–Trinajstić information content (AvgIpc) is 2.98. The maximum atomic E-state index is 12.6. The molecule has 1 aliphatic heterocycles. The quantitative estimate of drug-likeness (QED) is 0.926. The third kappa shape index (κ3) is 2.93. The van der Waals surface area contributed by atoms with E-state index in [0.717, 1.165) is 28.9 Å². The minimum Gasteiger partial charge on any atom is -0.301 e. The lowest BCUT2D eigenvalue weighted by atomic mass is 10.0. The minimum atomic E-state index is -0.108. The van der Waals surface area contributed by atoms with Gasteiger partial charge in [0.15, 0.2) is 5.17 Å². The summed E-state index contributed by atoms with van der Waals surface area (Å²) in [6.45, 7) is 4.93. The molecule has 5 heteroatoms. The van der Waals surface area contributed by atoms with Crippen LogP contribution in [0.5, 0.6) is 0 Å². The SMILES string of the molecule is CC(C)c1cc(C(=O)NC2=NCCS2)c2ccccc2n1. The largest absolute Gasteiger partial charge is 0.301 e. The summed E-state index contributed by atoms with van der Waals surface area (Å²) in [6, 6.07) is 9.64. The Morgan fingerprint density at radius 3 is 2.86 bits per heavy atom. The van der Waals surface area contributed by atoms with Crippen LogP contribution in [0.3, 0.4) is 0 Å². The molecule has 1 aliphatic rings. The van der Waals surface area contributed by atoms with Crippen LogP contribution in [0.1, 0.15) is 35.8 Å². The van der Waals surface area contributed by atoms with E-state index in [2.05, 4.69) is 29.1 Å². The zero-order valence-corrected chi connectivity index (χ0v) is 12.9. The summed E-state index contributed by atoms with van der Waals surface area (Å²) in [5.74, 6) is 1.10. The van der Waals surface area contributed by atoms with Gasteiger partial charge in [0.25, 0.3) is 5.91 Å². The van der Waals surface area contributed by atoms with Crippen molar-refractivity contribution in [3.63, 3.8) is 0 Å². The van der Waals surface area contributed by atoms with E-state index in [9.17, 15) is 4.79 Å². The number of fused-ring (bicyclic) bond motifs is 1. The molecule has 2 heterocycles. The average molecular weight is 299 g/mol. The number of aromatic nitrogens is 1. The summed E-state index contributed by atoms with van der Waals surface area (Å²) < 4.78 is 0. The van der Waals surface area contributed by atoms with E-state index in [0.29, 0.717) is 10.7 Å². The molecule has 0 fully saturated rings. The minimum absolute atomic E-state index is 0.108. The number of thioether (sulfide) groups is 1. The number of amidine groups is 1. The predicted octanol–water partition coefficient (Wildman–Crippen LogP) is 3.19. The van der Waals surface area contributed by atoms with E-state index >= 15 is 0 Å². The van der Waals surface area contributed by atoms with Gasteiger partial charge in [-0.05, 0) is 18.1 Å². The smallest absolute Gasteiger partial charge is 0.257 e. The van der Waals surface area contributed by atoms with Crippen LogP contribution in [0.2, 0.25) is 0 Å². The lowest BCUT2D eigenvalue weighted by Gasteiger charge is -2.11. The molecule has 0 unspecified atom stereocenters. The normalized spacial score (nSPS) is 14.5. The molecule has 0 atom stereocenters. The van der Waals surface area contributed by atoms with Gasteiger partial charge >= 0.3 is 0 Å². The zero-order chi connectivity index (χ0) is 14.8. The van der Waals surface area contributed by atoms with Crippen LogP contribution in [0.4, 0.5) is 0 Å². The van der Waals surface area contributed by atoms with Gasteiger partial charge in [-0.3, -0.25) is 14.8 Å². The number of aliphatic imine (C=N–C) groups is 1. The molecule has 0 bridgehead atoms. The van der Waals surface area contributed by atoms with Crippen molar-refractivity contribution in [1.82, 2.24) is 10.3 Å². The number of carbonyl (C=O) groups is 1. The van der Waals surface area contributed by atoms with Gasteiger partial charge in [0.1, 0.15) is 0 Å². The van der Waals surface area contributed by atoms with Crippen molar-refractivity contribution in [2.45, 2.75) is 19.8 Å². The summed E-state index contributed by atoms with van der Waals surface area (Å²) in [4.78, 5) is 21.5. The van der Waals surface area contributed by atoms with Crippen LogP contribution in [-0.2, 0) is 0 Å². The van der Waals surface area contributed by atoms with Crippen LogP contribution in [0, 0.1) is 0 Å². The molecule has 1 aromatic carbocycles. The van der Waals surface area contributed by atoms with Gasteiger partial charge < -0.3 is 5.32 Å². The second-order valence-corrected chi connectivity index (χ2v) is 6.34. The maximum absolute atomic E-state index is 12.6. The fourth-order valence-electron chi connectivity index (χ4n) is 2.25. The van der Waals surface area contributed by atoms with E-state index in [1.54, 1.807) is 11.8 Å². The fourth-order valence-corrected chi connectivity index (χ4v) is 2.98. The van der Waals surface area contributed by atoms with Gasteiger partial charge in [0.05, 0.1) is 17.6 Å². The summed E-state index contributed by atoms with van der Waals surface area (Å²) in [6.07, 6.45) is 0. The van der Waals surface area contributed by atoms with Gasteiger partial charge in [-0.25, -0.2) is 0 Å². The first kappa shape index (κ1) is 14.1. The highest BCUT2D eigenvalue weighted by Crippen LogP contribution is 2.22. The number of para-hydroxylation sites is 1. The number of nitrogens with zero attached hydrogens (tertiary/aromatic N) is 2. The first-order valence-electron chi connectivity index (χ1n) is 7.03. The Bertz CT molecular complexity index is 725. The molecule has 1 aromatic heterocycles. The van der Waals surface area contributed by atoms with Crippen LogP contribution in [-0.4, -0.2) is 28.4 Å². The molecule has 0 saturated carbocycles. The molecule has 0 aliphatic carbocycles. The van der Waals surface area contributed by atoms with Crippen LogP contribution in [0.25, 0.3) is 10.9 Å². The van der Waals surface area contributed by atoms with E-state index in [1.165, 1.54) is 0 Å². The number of benzene rings is 1. The number of hydrogen-bond donors (Lipinski definition) is 1. The summed E-state index contributed by atoms with van der Waals surface area (Å²) in [5, 5.41) is 4.49. The third-order valence-electron chi connectivity index (χ3n) is 3.38. The molecule has 2 aromatic rings. The molecular weight excluding hydrogens is 282 g/mol. The Hall–Kier alpha value is -1.88. The lowest BCUT2D eigenvalue weighted by molar-refractivity contribution is 0.0979. The zero-order valence-electron chi connectivity index (χ0n) is 12.1. The van der Waals surface area contributed by atoms with E-state index in [-0.39, 0.29) is 11.8 Å². The van der Waals surface area contributed by atoms with Crippen molar-refractivity contribution < 1.29 is 4.79 Å². The topological polar surface area (TPSA) is 54.4 Å². The van der Waals surface area contributed by atoms with Crippen molar-refractivity contribution in [3.05, 3.63) is 41.6 Å². The fraction of sp³-hybridized carbons (Fsp3) is 0.312. The lowest BCUT2D eigenvalue weighted by Crippen LogP contribution is -2.27. The molecule has 21 heavy (non-hydrogen) atoms. The number of hydrogen-bond acceptors (Lipinski definition) is 4. The van der Waals surface area contributed by atoms with Crippen LogP contribution in [0.15, 0.2) is 35.3 Å². The highest BCUT2D eigenvalue weighted by molar-refractivity contribution is 8.14. The number of amides is 1. The Morgan fingerprint density at radius 2 is 2.14 bits per heavy atom. The molecule has 4 nitrogen and oxygen atoms in total. The Kier molecular flexibility index (Phi) is 3.92.